The van der Waals surface area contributed by atoms with Crippen molar-refractivity contribution >= 4 is 48.5 Å². The number of nitrogens with one attached hydrogen (secondary N) is 1. The van der Waals surface area contributed by atoms with Crippen molar-refractivity contribution in [3.63, 3.8) is 0 Å². The van der Waals surface area contributed by atoms with Gasteiger partial charge in [0, 0.05) is 24.1 Å². The fourth-order valence-electron chi connectivity index (χ4n) is 1.79. The third-order valence-corrected chi connectivity index (χ3v) is 5.47. The quantitative estimate of drug-likeness (QED) is 0.824. The SMILES string of the molecule is CNC(=O)C1=C(Cl)c2cc(Br)ccc2S(=O)(=O)N1C. The van der Waals surface area contributed by atoms with Gasteiger partial charge in [0.1, 0.15) is 5.70 Å². The lowest BCUT2D eigenvalue weighted by Gasteiger charge is -2.28. The van der Waals surface area contributed by atoms with E-state index in [0.717, 1.165) is 4.31 Å². The molecule has 1 aliphatic heterocycles. The molecule has 0 saturated carbocycles. The highest BCUT2D eigenvalue weighted by Crippen LogP contribution is 2.39. The topological polar surface area (TPSA) is 66.5 Å². The lowest BCUT2D eigenvalue weighted by atomic mass is 10.1. The number of rotatable bonds is 1. The number of fused-ring (bicyclic) bond motifs is 1. The monoisotopic (exact) mass is 364 g/mol. The lowest BCUT2D eigenvalue weighted by Crippen LogP contribution is -2.38. The molecule has 19 heavy (non-hydrogen) atoms. The molecule has 1 N–H and O–H groups in total. The predicted octanol–water partition coefficient (Wildman–Crippen LogP) is 1.74. The van der Waals surface area contributed by atoms with E-state index in [0.29, 0.717) is 10.0 Å². The Kier molecular flexibility index (Phi) is 3.63. The van der Waals surface area contributed by atoms with Gasteiger partial charge in [0.2, 0.25) is 0 Å². The van der Waals surface area contributed by atoms with Crippen molar-refractivity contribution in [3.8, 4) is 0 Å². The number of sulfonamides is 1. The van der Waals surface area contributed by atoms with Crippen LogP contribution in [-0.4, -0.2) is 32.7 Å². The maximum Gasteiger partial charge on any atom is 0.269 e. The van der Waals surface area contributed by atoms with Crippen molar-refractivity contribution in [2.24, 2.45) is 0 Å². The van der Waals surface area contributed by atoms with E-state index < -0.39 is 15.9 Å². The van der Waals surface area contributed by atoms with Crippen LogP contribution < -0.4 is 5.32 Å². The molecule has 0 unspecified atom stereocenters. The number of benzene rings is 1. The number of nitrogens with zero attached hydrogens (tertiary/aromatic N) is 1. The maximum absolute atomic E-state index is 12.3. The molecule has 1 aromatic rings. The minimum Gasteiger partial charge on any atom is -0.354 e. The highest BCUT2D eigenvalue weighted by molar-refractivity contribution is 9.10. The molecule has 0 spiro atoms. The van der Waals surface area contributed by atoms with Crippen LogP contribution in [0.2, 0.25) is 0 Å². The van der Waals surface area contributed by atoms with Crippen molar-refractivity contribution in [1.82, 2.24) is 9.62 Å². The van der Waals surface area contributed by atoms with Crippen molar-refractivity contribution in [3.05, 3.63) is 33.9 Å². The van der Waals surface area contributed by atoms with E-state index in [1.807, 2.05) is 0 Å². The summed E-state index contributed by atoms with van der Waals surface area (Å²) in [6.45, 7) is 0. The first-order valence-electron chi connectivity index (χ1n) is 5.21. The molecule has 1 aliphatic rings. The first kappa shape index (κ1) is 14.4. The molecule has 0 saturated heterocycles. The summed E-state index contributed by atoms with van der Waals surface area (Å²) in [7, 11) is -1.05. The Bertz CT molecular complexity index is 700. The average Bonchev–Trinajstić information content (AvgIpc) is 2.36. The second-order valence-corrected chi connectivity index (χ2v) is 7.09. The summed E-state index contributed by atoms with van der Waals surface area (Å²) in [5.41, 5.74) is 0.225. The van der Waals surface area contributed by atoms with Crippen molar-refractivity contribution in [2.45, 2.75) is 4.90 Å². The Labute approximate surface area is 124 Å². The Balaban J connectivity index is 2.84. The molecular weight excluding hydrogens is 356 g/mol. The van der Waals surface area contributed by atoms with Gasteiger partial charge in [-0.2, -0.15) is 0 Å². The molecule has 0 aliphatic carbocycles. The van der Waals surface area contributed by atoms with Gasteiger partial charge in [-0.1, -0.05) is 27.5 Å². The van der Waals surface area contributed by atoms with E-state index >= 15 is 0 Å². The van der Waals surface area contributed by atoms with Gasteiger partial charge in [0.15, 0.2) is 0 Å². The Morgan fingerprint density at radius 3 is 2.63 bits per heavy atom. The zero-order valence-electron chi connectivity index (χ0n) is 10.1. The van der Waals surface area contributed by atoms with Gasteiger partial charge in [0.25, 0.3) is 15.9 Å². The van der Waals surface area contributed by atoms with Gasteiger partial charge in [-0.25, -0.2) is 8.42 Å². The number of hydrogen-bond donors (Lipinski definition) is 1. The van der Waals surface area contributed by atoms with Crippen LogP contribution in [0.3, 0.4) is 0 Å². The second-order valence-electron chi connectivity index (χ2n) is 3.85. The molecule has 1 heterocycles. The zero-order valence-corrected chi connectivity index (χ0v) is 13.2. The molecule has 2 rings (SSSR count). The van der Waals surface area contributed by atoms with Crippen LogP contribution in [0.25, 0.3) is 5.03 Å². The van der Waals surface area contributed by atoms with E-state index in [4.69, 9.17) is 11.6 Å². The fourth-order valence-corrected chi connectivity index (χ4v) is 4.02. The molecular formula is C11H10BrClN2O3S. The van der Waals surface area contributed by atoms with Crippen molar-refractivity contribution < 1.29 is 13.2 Å². The minimum atomic E-state index is -3.77. The third-order valence-electron chi connectivity index (χ3n) is 2.78. The van der Waals surface area contributed by atoms with Crippen LogP contribution in [0.15, 0.2) is 33.3 Å². The summed E-state index contributed by atoms with van der Waals surface area (Å²) in [4.78, 5) is 11.9. The minimum absolute atomic E-state index is 0.0795. The smallest absolute Gasteiger partial charge is 0.269 e. The van der Waals surface area contributed by atoms with Crippen molar-refractivity contribution in [2.75, 3.05) is 14.1 Å². The molecule has 1 amide bonds. The zero-order chi connectivity index (χ0) is 14.4. The maximum atomic E-state index is 12.3. The van der Waals surface area contributed by atoms with E-state index in [2.05, 4.69) is 21.2 Å². The molecule has 5 nitrogen and oxygen atoms in total. The number of amides is 1. The van der Waals surface area contributed by atoms with E-state index in [1.165, 1.54) is 20.2 Å². The molecule has 0 bridgehead atoms. The number of carbonyl (C=O) groups excluding carboxylic acids is 1. The summed E-state index contributed by atoms with van der Waals surface area (Å²) in [5, 5.41) is 2.48. The van der Waals surface area contributed by atoms with Gasteiger partial charge in [0.05, 0.1) is 9.93 Å². The Morgan fingerprint density at radius 2 is 2.05 bits per heavy atom. The van der Waals surface area contributed by atoms with E-state index in [-0.39, 0.29) is 15.6 Å². The van der Waals surface area contributed by atoms with Crippen LogP contribution in [0.5, 0.6) is 0 Å². The normalized spacial score (nSPS) is 17.2. The second kappa shape index (κ2) is 4.81. The van der Waals surface area contributed by atoms with Crippen molar-refractivity contribution in [1.29, 1.82) is 0 Å². The Morgan fingerprint density at radius 1 is 1.42 bits per heavy atom. The predicted molar refractivity (Wildman–Crippen MR) is 75.9 cm³/mol. The molecule has 0 radical (unpaired) electrons. The van der Waals surface area contributed by atoms with Gasteiger partial charge >= 0.3 is 0 Å². The molecule has 0 fully saturated rings. The summed E-state index contributed by atoms with van der Waals surface area (Å²) in [6.07, 6.45) is 0. The van der Waals surface area contributed by atoms with Gasteiger partial charge < -0.3 is 5.32 Å². The molecule has 102 valence electrons. The fraction of sp³-hybridized carbons (Fsp3) is 0.182. The number of carbonyl (C=O) groups is 1. The summed E-state index contributed by atoms with van der Waals surface area (Å²) >= 11 is 9.43. The molecule has 0 atom stereocenters. The molecule has 1 aromatic carbocycles. The lowest BCUT2D eigenvalue weighted by molar-refractivity contribution is -0.117. The van der Waals surface area contributed by atoms with Gasteiger partial charge in [-0.05, 0) is 18.2 Å². The van der Waals surface area contributed by atoms with Crippen LogP contribution >= 0.6 is 27.5 Å². The van der Waals surface area contributed by atoms with Gasteiger partial charge in [-0.3, -0.25) is 9.10 Å². The Hall–Kier alpha value is -1.05. The van der Waals surface area contributed by atoms with Crippen LogP contribution in [0.4, 0.5) is 0 Å². The van der Waals surface area contributed by atoms with Crippen LogP contribution in [0, 0.1) is 0 Å². The third kappa shape index (κ3) is 2.15. The summed E-state index contributed by atoms with van der Waals surface area (Å²) in [5.74, 6) is -0.554. The standard InChI is InChI=1S/C11H10BrClN2O3S/c1-14-11(16)10-9(13)7-5-6(12)3-4-8(7)19(17,18)15(10)2/h3-5H,1-2H3,(H,14,16). The van der Waals surface area contributed by atoms with Gasteiger partial charge in [-0.15, -0.1) is 0 Å². The van der Waals surface area contributed by atoms with Crippen LogP contribution in [-0.2, 0) is 14.8 Å². The highest BCUT2D eigenvalue weighted by atomic mass is 79.9. The highest BCUT2D eigenvalue weighted by Gasteiger charge is 2.36. The molecule has 8 heteroatoms. The first-order valence-corrected chi connectivity index (χ1v) is 7.82. The number of hydrogen-bond acceptors (Lipinski definition) is 3. The summed E-state index contributed by atoms with van der Waals surface area (Å²) < 4.78 is 26.2. The van der Waals surface area contributed by atoms with E-state index in [9.17, 15) is 13.2 Å². The largest absolute Gasteiger partial charge is 0.354 e. The number of halogens is 2. The first-order chi connectivity index (χ1) is 8.80. The average molecular weight is 366 g/mol. The molecule has 0 aromatic heterocycles. The van der Waals surface area contributed by atoms with Crippen LogP contribution in [0.1, 0.15) is 5.56 Å². The van der Waals surface area contributed by atoms with E-state index in [1.54, 1.807) is 12.1 Å². The summed E-state index contributed by atoms with van der Waals surface area (Å²) in [6, 6.07) is 4.64. The number of likely N-dealkylation sites (N-methyl/N-ethyl adjacent to an activating group) is 2.